The smallest absolute Gasteiger partial charge is 0.308 e. The third-order valence-electron chi connectivity index (χ3n) is 6.08. The number of thioether (sulfide) groups is 1. The quantitative estimate of drug-likeness (QED) is 0.784. The first kappa shape index (κ1) is 18.3. The van der Waals surface area contributed by atoms with Crippen LogP contribution < -0.4 is 4.90 Å². The van der Waals surface area contributed by atoms with Gasteiger partial charge in [0.15, 0.2) is 0 Å². The predicted molar refractivity (Wildman–Crippen MR) is 103 cm³/mol. The molecule has 3 aliphatic rings. The Hall–Kier alpha value is -2.02. The van der Waals surface area contributed by atoms with E-state index in [2.05, 4.69) is 0 Å². The first-order valence-corrected chi connectivity index (χ1v) is 10.7. The van der Waals surface area contributed by atoms with Crippen LogP contribution in [0.15, 0.2) is 29.2 Å². The monoisotopic (exact) mass is 388 g/mol. The number of carbonyl (C=O) groups is 3. The molecule has 2 heterocycles. The molecular formula is C20H24N2O4S. The van der Waals surface area contributed by atoms with Crippen LogP contribution in [-0.4, -0.2) is 53.7 Å². The Morgan fingerprint density at radius 2 is 1.81 bits per heavy atom. The number of carboxylic acids is 1. The van der Waals surface area contributed by atoms with Gasteiger partial charge in [-0.3, -0.25) is 14.4 Å². The molecule has 1 aromatic rings. The molecule has 6 nitrogen and oxygen atoms in total. The number of hydrogen-bond donors (Lipinski definition) is 1. The van der Waals surface area contributed by atoms with Crippen LogP contribution in [0, 0.1) is 23.7 Å². The lowest BCUT2D eigenvalue weighted by Crippen LogP contribution is -2.36. The topological polar surface area (TPSA) is 77.9 Å². The highest BCUT2D eigenvalue weighted by Gasteiger charge is 2.48. The van der Waals surface area contributed by atoms with Gasteiger partial charge < -0.3 is 14.9 Å². The highest BCUT2D eigenvalue weighted by Crippen LogP contribution is 2.44. The van der Waals surface area contributed by atoms with Crippen LogP contribution in [0.5, 0.6) is 0 Å². The van der Waals surface area contributed by atoms with Gasteiger partial charge in [0.05, 0.1) is 11.8 Å². The van der Waals surface area contributed by atoms with Gasteiger partial charge >= 0.3 is 5.97 Å². The highest BCUT2D eigenvalue weighted by atomic mass is 32.2. The molecule has 3 fully saturated rings. The summed E-state index contributed by atoms with van der Waals surface area (Å²) >= 11 is 1.64. The van der Waals surface area contributed by atoms with Crippen LogP contribution in [0.4, 0.5) is 5.69 Å². The van der Waals surface area contributed by atoms with Crippen molar-refractivity contribution >= 4 is 35.2 Å². The first-order valence-electron chi connectivity index (χ1n) is 9.44. The molecule has 1 aromatic carbocycles. The van der Waals surface area contributed by atoms with E-state index < -0.39 is 11.9 Å². The molecule has 4 rings (SSSR count). The Morgan fingerprint density at radius 3 is 2.41 bits per heavy atom. The summed E-state index contributed by atoms with van der Waals surface area (Å²) in [5.74, 6) is -1.25. The lowest BCUT2D eigenvalue weighted by molar-refractivity contribution is -0.143. The van der Waals surface area contributed by atoms with Crippen LogP contribution in [-0.2, 0) is 14.4 Å². The highest BCUT2D eigenvalue weighted by molar-refractivity contribution is 7.98. The molecule has 2 amide bonds. The molecule has 0 aromatic heterocycles. The van der Waals surface area contributed by atoms with Crippen molar-refractivity contribution in [2.45, 2.75) is 24.2 Å². The largest absolute Gasteiger partial charge is 0.481 e. The average Bonchev–Trinajstić information content (AvgIpc) is 3.29. The Morgan fingerprint density at radius 1 is 1.11 bits per heavy atom. The van der Waals surface area contributed by atoms with Gasteiger partial charge in [0.25, 0.3) is 0 Å². The minimum absolute atomic E-state index is 0.0435. The average molecular weight is 388 g/mol. The van der Waals surface area contributed by atoms with Crippen molar-refractivity contribution < 1.29 is 19.5 Å². The molecule has 2 aliphatic heterocycles. The van der Waals surface area contributed by atoms with Crippen LogP contribution in [0.25, 0.3) is 0 Å². The summed E-state index contributed by atoms with van der Waals surface area (Å²) in [5.41, 5.74) is 0.814. The van der Waals surface area contributed by atoms with Crippen molar-refractivity contribution in [2.24, 2.45) is 23.7 Å². The van der Waals surface area contributed by atoms with Crippen LogP contribution in [0.2, 0.25) is 0 Å². The number of nitrogens with zero attached hydrogens (tertiary/aromatic N) is 2. The van der Waals surface area contributed by atoms with E-state index in [0.29, 0.717) is 19.0 Å². The summed E-state index contributed by atoms with van der Waals surface area (Å²) in [7, 11) is 0. The number of anilines is 1. The summed E-state index contributed by atoms with van der Waals surface area (Å²) in [6, 6.07) is 7.77. The lowest BCUT2D eigenvalue weighted by atomic mass is 9.92. The minimum Gasteiger partial charge on any atom is -0.481 e. The molecule has 1 aliphatic carbocycles. The molecule has 27 heavy (non-hydrogen) atoms. The normalized spacial score (nSPS) is 28.0. The molecule has 144 valence electrons. The number of carbonyl (C=O) groups excluding carboxylic acids is 2. The summed E-state index contributed by atoms with van der Waals surface area (Å²) in [4.78, 5) is 41.5. The maximum absolute atomic E-state index is 13.0. The molecule has 1 saturated carbocycles. The molecule has 0 bridgehead atoms. The zero-order valence-electron chi connectivity index (χ0n) is 15.3. The van der Waals surface area contributed by atoms with E-state index in [9.17, 15) is 19.5 Å². The third kappa shape index (κ3) is 3.57. The lowest BCUT2D eigenvalue weighted by Gasteiger charge is -2.21. The van der Waals surface area contributed by atoms with E-state index >= 15 is 0 Å². The van der Waals surface area contributed by atoms with E-state index in [4.69, 9.17) is 0 Å². The van der Waals surface area contributed by atoms with Crippen LogP contribution >= 0.6 is 11.8 Å². The van der Waals surface area contributed by atoms with E-state index in [0.717, 1.165) is 23.4 Å². The van der Waals surface area contributed by atoms with Crippen LogP contribution in [0.1, 0.15) is 19.3 Å². The number of benzene rings is 1. The van der Waals surface area contributed by atoms with Gasteiger partial charge in [-0.25, -0.2) is 0 Å². The van der Waals surface area contributed by atoms with Crippen LogP contribution in [0.3, 0.4) is 0 Å². The van der Waals surface area contributed by atoms with Gasteiger partial charge in [0.2, 0.25) is 11.8 Å². The van der Waals surface area contributed by atoms with Gasteiger partial charge in [-0.05, 0) is 55.2 Å². The van der Waals surface area contributed by atoms with Crippen molar-refractivity contribution in [3.8, 4) is 0 Å². The third-order valence-corrected chi connectivity index (χ3v) is 6.82. The minimum atomic E-state index is -0.805. The van der Waals surface area contributed by atoms with E-state index in [-0.39, 0.29) is 36.6 Å². The van der Waals surface area contributed by atoms with E-state index in [1.54, 1.807) is 21.6 Å². The Bertz CT molecular complexity index is 762. The fourth-order valence-corrected chi connectivity index (χ4v) is 4.82. The van der Waals surface area contributed by atoms with Crippen molar-refractivity contribution in [1.82, 2.24) is 4.90 Å². The second kappa shape index (κ2) is 7.19. The van der Waals surface area contributed by atoms with Crippen molar-refractivity contribution in [3.05, 3.63) is 24.3 Å². The molecule has 0 radical (unpaired) electrons. The van der Waals surface area contributed by atoms with Crippen molar-refractivity contribution in [2.75, 3.05) is 30.8 Å². The summed E-state index contributed by atoms with van der Waals surface area (Å²) < 4.78 is 0. The summed E-state index contributed by atoms with van der Waals surface area (Å²) in [6.45, 7) is 1.18. The number of amides is 2. The maximum Gasteiger partial charge on any atom is 0.308 e. The van der Waals surface area contributed by atoms with E-state index in [1.807, 2.05) is 30.5 Å². The number of carboxylic acid groups (broad SMARTS) is 1. The van der Waals surface area contributed by atoms with Gasteiger partial charge in [-0.15, -0.1) is 11.8 Å². The van der Waals surface area contributed by atoms with Crippen molar-refractivity contribution in [1.29, 1.82) is 0 Å². The van der Waals surface area contributed by atoms with E-state index in [1.165, 1.54) is 0 Å². The summed E-state index contributed by atoms with van der Waals surface area (Å²) in [5, 5.41) is 9.50. The molecular weight excluding hydrogens is 364 g/mol. The second-order valence-corrected chi connectivity index (χ2v) is 8.67. The number of likely N-dealkylation sites (tertiary alicyclic amines) is 1. The number of hydrogen-bond acceptors (Lipinski definition) is 4. The van der Waals surface area contributed by atoms with Crippen molar-refractivity contribution in [3.63, 3.8) is 0 Å². The SMILES string of the molecule is CSc1ccc(N2CC(C(=O)N3C[C@H](C(=O)O)[C@@H](C4CC4)C3)CC2=O)cc1. The number of aliphatic carboxylic acids is 1. The molecule has 1 unspecified atom stereocenters. The Kier molecular flexibility index (Phi) is 4.88. The van der Waals surface area contributed by atoms with Gasteiger partial charge in [0, 0.05) is 36.6 Å². The molecule has 2 saturated heterocycles. The fraction of sp³-hybridized carbons (Fsp3) is 0.550. The maximum atomic E-state index is 13.0. The fourth-order valence-electron chi connectivity index (χ4n) is 4.42. The predicted octanol–water partition coefficient (Wildman–Crippen LogP) is 2.33. The second-order valence-electron chi connectivity index (χ2n) is 7.79. The molecule has 1 N–H and O–H groups in total. The Balaban J connectivity index is 1.43. The molecule has 3 atom stereocenters. The zero-order valence-corrected chi connectivity index (χ0v) is 16.2. The number of rotatable bonds is 5. The standard InChI is InChI=1S/C20H24N2O4S/c1-27-15-6-4-14(5-7-15)22-9-13(8-18(22)23)19(24)21-10-16(12-2-3-12)17(11-21)20(25)26/h4-7,12-13,16-17H,2-3,8-11H2,1H3,(H,25,26)/t13?,16-,17+/m1/s1. The molecule has 7 heteroatoms. The van der Waals surface area contributed by atoms with Gasteiger partial charge in [0.1, 0.15) is 0 Å². The zero-order chi connectivity index (χ0) is 19.1. The summed E-state index contributed by atoms with van der Waals surface area (Å²) in [6.07, 6.45) is 4.34. The van der Waals surface area contributed by atoms with Gasteiger partial charge in [-0.2, -0.15) is 0 Å². The van der Waals surface area contributed by atoms with Gasteiger partial charge in [-0.1, -0.05) is 0 Å². The molecule has 0 spiro atoms. The Labute approximate surface area is 162 Å². The first-order chi connectivity index (χ1) is 13.0.